The molecule has 0 saturated carbocycles. The van der Waals surface area contributed by atoms with E-state index in [4.69, 9.17) is 4.42 Å². The van der Waals surface area contributed by atoms with E-state index < -0.39 is 0 Å². The molecular formula is C24H22BrFN2O3. The van der Waals surface area contributed by atoms with Crippen molar-refractivity contribution in [3.63, 3.8) is 0 Å². The second-order valence-corrected chi connectivity index (χ2v) is 8.43. The van der Waals surface area contributed by atoms with Gasteiger partial charge >= 0.3 is 0 Å². The Morgan fingerprint density at radius 3 is 2.61 bits per heavy atom. The van der Waals surface area contributed by atoms with Crippen LogP contribution in [0.5, 0.6) is 0 Å². The van der Waals surface area contributed by atoms with Gasteiger partial charge in [-0.25, -0.2) is 4.39 Å². The Morgan fingerprint density at radius 2 is 1.90 bits per heavy atom. The molecule has 1 aliphatic rings. The first-order chi connectivity index (χ1) is 15.0. The maximum atomic E-state index is 13.5. The van der Waals surface area contributed by atoms with Crippen molar-refractivity contribution in [3.05, 3.63) is 88.0 Å². The average molecular weight is 485 g/mol. The molecule has 7 heteroatoms. The minimum atomic E-state index is -0.341. The second kappa shape index (κ2) is 9.47. The Labute approximate surface area is 188 Å². The average Bonchev–Trinajstić information content (AvgIpc) is 3.38. The molecule has 1 saturated heterocycles. The van der Waals surface area contributed by atoms with Crippen molar-refractivity contribution in [1.82, 2.24) is 4.90 Å². The third-order valence-corrected chi connectivity index (χ3v) is 5.85. The van der Waals surface area contributed by atoms with Gasteiger partial charge in [0.2, 0.25) is 5.91 Å². The van der Waals surface area contributed by atoms with E-state index in [-0.39, 0.29) is 29.4 Å². The van der Waals surface area contributed by atoms with E-state index in [1.54, 1.807) is 30.3 Å². The number of nitrogens with one attached hydrogen (secondary N) is 1. The summed E-state index contributed by atoms with van der Waals surface area (Å²) < 4.78 is 19.2. The molecule has 0 bridgehead atoms. The number of furan rings is 1. The van der Waals surface area contributed by atoms with Gasteiger partial charge in [-0.15, -0.1) is 0 Å². The van der Waals surface area contributed by atoms with Crippen LogP contribution in [0.15, 0.2) is 69.8 Å². The van der Waals surface area contributed by atoms with Crippen molar-refractivity contribution in [2.75, 3.05) is 11.9 Å². The smallest absolute Gasteiger partial charge is 0.291 e. The highest BCUT2D eigenvalue weighted by atomic mass is 79.9. The van der Waals surface area contributed by atoms with Gasteiger partial charge in [0.15, 0.2) is 10.4 Å². The van der Waals surface area contributed by atoms with Crippen LogP contribution in [0.4, 0.5) is 10.1 Å². The zero-order valence-electron chi connectivity index (χ0n) is 16.8. The van der Waals surface area contributed by atoms with Gasteiger partial charge in [0, 0.05) is 18.3 Å². The van der Waals surface area contributed by atoms with Gasteiger partial charge in [-0.2, -0.15) is 0 Å². The number of nitrogens with zero attached hydrogens (tertiary/aromatic N) is 1. The second-order valence-electron chi connectivity index (χ2n) is 7.65. The van der Waals surface area contributed by atoms with Crippen LogP contribution in [-0.4, -0.2) is 29.3 Å². The predicted molar refractivity (Wildman–Crippen MR) is 119 cm³/mol. The number of anilines is 1. The van der Waals surface area contributed by atoms with E-state index >= 15 is 0 Å². The molecule has 1 atom stereocenters. The number of carbonyl (C=O) groups is 2. The first kappa shape index (κ1) is 21.3. The summed E-state index contributed by atoms with van der Waals surface area (Å²) in [6, 6.07) is 17.1. The molecule has 5 nitrogen and oxygen atoms in total. The lowest BCUT2D eigenvalue weighted by atomic mass is 10.0. The molecule has 0 aliphatic carbocycles. The summed E-state index contributed by atoms with van der Waals surface area (Å²) in [4.78, 5) is 27.0. The predicted octanol–water partition coefficient (Wildman–Crippen LogP) is 5.21. The maximum Gasteiger partial charge on any atom is 0.291 e. The molecule has 160 valence electrons. The van der Waals surface area contributed by atoms with E-state index in [1.165, 1.54) is 12.1 Å². The van der Waals surface area contributed by atoms with Gasteiger partial charge < -0.3 is 14.6 Å². The molecule has 2 aromatic carbocycles. The van der Waals surface area contributed by atoms with Crippen molar-refractivity contribution in [3.8, 4) is 0 Å². The van der Waals surface area contributed by atoms with Gasteiger partial charge in [0.05, 0.1) is 6.42 Å². The van der Waals surface area contributed by atoms with Gasteiger partial charge in [0.1, 0.15) is 5.82 Å². The largest absolute Gasteiger partial charge is 0.444 e. The van der Waals surface area contributed by atoms with Gasteiger partial charge in [-0.05, 0) is 82.7 Å². The molecule has 3 aromatic rings. The zero-order chi connectivity index (χ0) is 21.8. The molecule has 1 fully saturated rings. The van der Waals surface area contributed by atoms with E-state index in [0.717, 1.165) is 30.5 Å². The molecule has 1 aliphatic heterocycles. The number of halogens is 2. The summed E-state index contributed by atoms with van der Waals surface area (Å²) >= 11 is 3.17. The summed E-state index contributed by atoms with van der Waals surface area (Å²) in [5.74, 6) is -0.312. The van der Waals surface area contributed by atoms with Crippen molar-refractivity contribution in [1.29, 1.82) is 0 Å². The van der Waals surface area contributed by atoms with Crippen LogP contribution in [0.1, 0.15) is 34.5 Å². The number of amides is 2. The maximum absolute atomic E-state index is 13.5. The van der Waals surface area contributed by atoms with Crippen LogP contribution in [0.25, 0.3) is 0 Å². The molecule has 1 aromatic heterocycles. The molecule has 0 spiro atoms. The van der Waals surface area contributed by atoms with Crippen molar-refractivity contribution in [2.24, 2.45) is 0 Å². The SMILES string of the molecule is O=C(Nc1ccc(CC(=O)N2CCCC2Cc2cccc(F)c2)cc1)c1ccc(Br)o1. The fourth-order valence-electron chi connectivity index (χ4n) is 3.92. The number of hydrogen-bond donors (Lipinski definition) is 1. The molecule has 1 unspecified atom stereocenters. The van der Waals surface area contributed by atoms with Crippen molar-refractivity contribution >= 4 is 33.4 Å². The third-order valence-electron chi connectivity index (χ3n) is 5.42. The van der Waals surface area contributed by atoms with E-state index in [0.29, 0.717) is 23.2 Å². The molecular weight excluding hydrogens is 463 g/mol. The van der Waals surface area contributed by atoms with E-state index in [9.17, 15) is 14.0 Å². The zero-order valence-corrected chi connectivity index (χ0v) is 18.4. The van der Waals surface area contributed by atoms with Crippen molar-refractivity contribution in [2.45, 2.75) is 31.7 Å². The first-order valence-electron chi connectivity index (χ1n) is 10.2. The summed E-state index contributed by atoms with van der Waals surface area (Å²) in [5, 5.41) is 2.77. The van der Waals surface area contributed by atoms with Crippen LogP contribution in [0.2, 0.25) is 0 Å². The Kier molecular flexibility index (Phi) is 6.51. The normalized spacial score (nSPS) is 15.8. The minimum absolute atomic E-state index is 0.0659. The molecule has 2 amide bonds. The summed E-state index contributed by atoms with van der Waals surface area (Å²) in [6.07, 6.45) is 2.84. The Hall–Kier alpha value is -2.93. The Morgan fingerprint density at radius 1 is 1.10 bits per heavy atom. The molecule has 0 radical (unpaired) electrons. The fraction of sp³-hybridized carbons (Fsp3) is 0.250. The van der Waals surface area contributed by atoms with Crippen LogP contribution in [0, 0.1) is 5.82 Å². The molecule has 1 N–H and O–H groups in total. The fourth-order valence-corrected chi connectivity index (χ4v) is 4.23. The monoisotopic (exact) mass is 484 g/mol. The highest BCUT2D eigenvalue weighted by Crippen LogP contribution is 2.23. The highest BCUT2D eigenvalue weighted by Gasteiger charge is 2.28. The number of benzene rings is 2. The van der Waals surface area contributed by atoms with Gasteiger partial charge in [0.25, 0.3) is 5.91 Å². The van der Waals surface area contributed by atoms with Crippen LogP contribution < -0.4 is 5.32 Å². The van der Waals surface area contributed by atoms with Gasteiger partial charge in [-0.3, -0.25) is 9.59 Å². The first-order valence-corrected chi connectivity index (χ1v) is 11.0. The van der Waals surface area contributed by atoms with Crippen LogP contribution in [-0.2, 0) is 17.6 Å². The van der Waals surface area contributed by atoms with E-state index in [1.807, 2.05) is 23.1 Å². The van der Waals surface area contributed by atoms with Gasteiger partial charge in [-0.1, -0.05) is 24.3 Å². The summed E-state index contributed by atoms with van der Waals surface area (Å²) in [7, 11) is 0. The topological polar surface area (TPSA) is 62.6 Å². The lowest BCUT2D eigenvalue weighted by molar-refractivity contribution is -0.131. The summed E-state index contributed by atoms with van der Waals surface area (Å²) in [6.45, 7) is 0.728. The molecule has 2 heterocycles. The molecule has 31 heavy (non-hydrogen) atoms. The number of carbonyl (C=O) groups excluding carboxylic acids is 2. The minimum Gasteiger partial charge on any atom is -0.444 e. The number of likely N-dealkylation sites (tertiary alicyclic amines) is 1. The number of hydrogen-bond acceptors (Lipinski definition) is 3. The van der Waals surface area contributed by atoms with Crippen LogP contribution >= 0.6 is 15.9 Å². The lowest BCUT2D eigenvalue weighted by Gasteiger charge is -2.25. The Balaban J connectivity index is 1.35. The third kappa shape index (κ3) is 5.41. The van der Waals surface area contributed by atoms with E-state index in [2.05, 4.69) is 21.2 Å². The molecule has 4 rings (SSSR count). The quantitative estimate of drug-likeness (QED) is 0.522. The highest BCUT2D eigenvalue weighted by molar-refractivity contribution is 9.10. The van der Waals surface area contributed by atoms with Crippen LogP contribution in [0.3, 0.4) is 0 Å². The Bertz CT molecular complexity index is 1080. The standard InChI is InChI=1S/C24H22BrFN2O3/c25-22-11-10-21(31-22)24(30)27-19-8-6-16(7-9-19)15-23(29)28-12-2-5-20(28)14-17-3-1-4-18(26)13-17/h1,3-4,6-11,13,20H,2,5,12,14-15H2,(H,27,30). The number of rotatable bonds is 6. The van der Waals surface area contributed by atoms with Crippen molar-refractivity contribution < 1.29 is 18.4 Å². The lowest BCUT2D eigenvalue weighted by Crippen LogP contribution is -2.37. The summed E-state index contributed by atoms with van der Waals surface area (Å²) in [5.41, 5.74) is 2.41.